The van der Waals surface area contributed by atoms with Gasteiger partial charge in [0.15, 0.2) is 11.5 Å². The number of likely N-dealkylation sites (tertiary alicyclic amines) is 1. The van der Waals surface area contributed by atoms with E-state index in [1.54, 1.807) is 24.3 Å². The Bertz CT molecular complexity index is 1560. The molecule has 0 atom stereocenters. The molecule has 40 heavy (non-hydrogen) atoms. The Kier molecular flexibility index (Phi) is 6.21. The monoisotopic (exact) mass is 553 g/mol. The van der Waals surface area contributed by atoms with Crippen molar-refractivity contribution in [1.82, 2.24) is 15.2 Å². The number of esters is 1. The minimum absolute atomic E-state index is 0.0479. The summed E-state index contributed by atoms with van der Waals surface area (Å²) < 4.78 is 64.7. The number of hydrogen-bond donors (Lipinski definition) is 0. The first-order valence-electron chi connectivity index (χ1n) is 12.8. The van der Waals surface area contributed by atoms with Crippen LogP contribution in [-0.2, 0) is 28.9 Å². The van der Waals surface area contributed by atoms with Gasteiger partial charge in [-0.1, -0.05) is 46.7 Å². The van der Waals surface area contributed by atoms with E-state index in [-0.39, 0.29) is 35.4 Å². The molecule has 1 saturated heterocycles. The average molecular weight is 554 g/mol. The second kappa shape index (κ2) is 9.51. The lowest BCUT2D eigenvalue weighted by Crippen LogP contribution is -2.51. The highest BCUT2D eigenvalue weighted by Crippen LogP contribution is 2.47. The summed E-state index contributed by atoms with van der Waals surface area (Å²) in [5.74, 6) is 0.00115. The Labute approximate surface area is 227 Å². The van der Waals surface area contributed by atoms with E-state index in [4.69, 9.17) is 18.5 Å². The van der Waals surface area contributed by atoms with Gasteiger partial charge in [-0.15, -0.1) is 0 Å². The van der Waals surface area contributed by atoms with Crippen LogP contribution in [0, 0.1) is 5.92 Å². The van der Waals surface area contributed by atoms with Gasteiger partial charge >= 0.3 is 12.1 Å². The first-order chi connectivity index (χ1) is 19.0. The molecule has 0 N–H and O–H groups in total. The number of carbonyl (C=O) groups excluding carboxylic acids is 1. The van der Waals surface area contributed by atoms with Gasteiger partial charge in [0.1, 0.15) is 29.2 Å². The summed E-state index contributed by atoms with van der Waals surface area (Å²) in [6.07, 6.45) is -4.74. The summed E-state index contributed by atoms with van der Waals surface area (Å²) in [5.41, 5.74) is 0.221. The molecule has 2 aromatic heterocycles. The van der Waals surface area contributed by atoms with Crippen molar-refractivity contribution in [3.05, 3.63) is 65.2 Å². The maximum absolute atomic E-state index is 14.2. The third kappa shape index (κ3) is 4.85. The zero-order valence-electron chi connectivity index (χ0n) is 22.0. The van der Waals surface area contributed by atoms with Gasteiger partial charge in [0.05, 0.1) is 17.0 Å². The van der Waals surface area contributed by atoms with Crippen LogP contribution in [0.1, 0.15) is 37.5 Å². The summed E-state index contributed by atoms with van der Waals surface area (Å²) in [5, 5.41) is 7.69. The van der Waals surface area contributed by atoms with Gasteiger partial charge in [-0.05, 0) is 38.5 Å². The molecule has 0 unspecified atom stereocenters. The molecule has 0 saturated carbocycles. The lowest BCUT2D eigenvalue weighted by atomic mass is 9.97. The number of nitrogens with zero attached hydrogens (tertiary/aromatic N) is 3. The maximum Gasteiger partial charge on any atom is 0.422 e. The zero-order valence-corrected chi connectivity index (χ0v) is 22.0. The Hall–Kier alpha value is -4.12. The number of alkyl halides is 3. The number of aromatic nitrogens is 2. The molecule has 0 amide bonds. The topological polar surface area (TPSA) is 90.8 Å². The normalized spacial score (nSPS) is 15.7. The van der Waals surface area contributed by atoms with Crippen molar-refractivity contribution in [3.63, 3.8) is 0 Å². The molecular weight excluding hydrogens is 527 g/mol. The Morgan fingerprint density at radius 1 is 1.00 bits per heavy atom. The van der Waals surface area contributed by atoms with Crippen molar-refractivity contribution in [2.24, 2.45) is 5.92 Å². The van der Waals surface area contributed by atoms with Gasteiger partial charge in [-0.25, -0.2) is 0 Å². The molecule has 4 heterocycles. The van der Waals surface area contributed by atoms with Crippen LogP contribution in [0.15, 0.2) is 57.6 Å². The number of ether oxygens (including phenoxy) is 2. The molecule has 0 aliphatic carbocycles. The van der Waals surface area contributed by atoms with Crippen molar-refractivity contribution < 1.29 is 36.5 Å². The molecule has 0 radical (unpaired) electrons. The van der Waals surface area contributed by atoms with Gasteiger partial charge in [0, 0.05) is 25.2 Å². The van der Waals surface area contributed by atoms with Crippen molar-refractivity contribution in [3.8, 4) is 39.8 Å². The second-order valence-electron chi connectivity index (χ2n) is 11.0. The van der Waals surface area contributed by atoms with E-state index in [0.717, 1.165) is 5.56 Å². The summed E-state index contributed by atoms with van der Waals surface area (Å²) in [6.45, 7) is 7.31. The number of hydrogen-bond acceptors (Lipinski definition) is 8. The highest BCUT2D eigenvalue weighted by atomic mass is 19.4. The number of carbonyl (C=O) groups is 1. The SMILES string of the molecule is CC(C)(C)OC(=O)C1CN(Cc2ccc3c(c2)OCc2c(-c4onc(-c5ccccc5)c4C(F)(F)F)noc2-3)C1. The molecule has 11 heteroatoms. The van der Waals surface area contributed by atoms with E-state index in [1.807, 2.05) is 32.9 Å². The minimum Gasteiger partial charge on any atom is -0.488 e. The molecule has 8 nitrogen and oxygen atoms in total. The van der Waals surface area contributed by atoms with E-state index in [1.165, 1.54) is 12.1 Å². The standard InChI is InChI=1S/C29H26F3N3O5/c1-28(2,3)38-27(36)18-13-35(14-18)12-16-9-10-19-21(11-16)37-15-20-24(34-39-25(19)20)26-22(29(30,31)32)23(33-40-26)17-7-5-4-6-8-17/h4-11,18H,12-15H2,1-3H3. The van der Waals surface area contributed by atoms with Crippen LogP contribution in [-0.4, -0.2) is 39.9 Å². The molecule has 2 aliphatic heterocycles. The minimum atomic E-state index is -4.74. The molecule has 0 bridgehead atoms. The first kappa shape index (κ1) is 26.1. The fourth-order valence-corrected chi connectivity index (χ4v) is 4.95. The van der Waals surface area contributed by atoms with Crippen molar-refractivity contribution in [2.45, 2.75) is 45.7 Å². The molecule has 0 spiro atoms. The molecule has 4 aromatic rings. The highest BCUT2D eigenvalue weighted by Gasteiger charge is 2.43. The predicted molar refractivity (Wildman–Crippen MR) is 137 cm³/mol. The summed E-state index contributed by atoms with van der Waals surface area (Å²) in [6, 6.07) is 13.6. The second-order valence-corrected chi connectivity index (χ2v) is 11.0. The smallest absolute Gasteiger partial charge is 0.422 e. The van der Waals surface area contributed by atoms with Gasteiger partial charge in [-0.2, -0.15) is 13.2 Å². The van der Waals surface area contributed by atoms with Crippen LogP contribution < -0.4 is 4.74 Å². The fourth-order valence-electron chi connectivity index (χ4n) is 4.95. The lowest BCUT2D eigenvalue weighted by Gasteiger charge is -2.39. The van der Waals surface area contributed by atoms with Gasteiger partial charge in [0.2, 0.25) is 5.76 Å². The van der Waals surface area contributed by atoms with Crippen molar-refractivity contribution in [1.29, 1.82) is 0 Å². The molecule has 6 rings (SSSR count). The highest BCUT2D eigenvalue weighted by molar-refractivity contribution is 5.79. The maximum atomic E-state index is 14.2. The molecule has 208 valence electrons. The molecule has 1 fully saturated rings. The van der Waals surface area contributed by atoms with E-state index in [2.05, 4.69) is 15.2 Å². The Morgan fingerprint density at radius 3 is 2.40 bits per heavy atom. The third-order valence-electron chi connectivity index (χ3n) is 6.79. The molecule has 2 aromatic carbocycles. The van der Waals surface area contributed by atoms with E-state index in [9.17, 15) is 18.0 Å². The van der Waals surface area contributed by atoms with Crippen LogP contribution in [0.2, 0.25) is 0 Å². The summed E-state index contributed by atoms with van der Waals surface area (Å²) >= 11 is 0. The Morgan fingerprint density at radius 2 is 1.70 bits per heavy atom. The van der Waals surface area contributed by atoms with Crippen molar-refractivity contribution in [2.75, 3.05) is 13.1 Å². The van der Waals surface area contributed by atoms with Crippen LogP contribution in [0.4, 0.5) is 13.2 Å². The zero-order chi connectivity index (χ0) is 28.2. The van der Waals surface area contributed by atoms with E-state index in [0.29, 0.717) is 42.3 Å². The van der Waals surface area contributed by atoms with Crippen molar-refractivity contribution >= 4 is 5.97 Å². The molecule has 2 aliphatic rings. The fraction of sp³-hybridized carbons (Fsp3) is 0.345. The van der Waals surface area contributed by atoms with Gasteiger partial charge < -0.3 is 18.5 Å². The number of fused-ring (bicyclic) bond motifs is 3. The van der Waals surface area contributed by atoms with Crippen LogP contribution in [0.5, 0.6) is 5.75 Å². The third-order valence-corrected chi connectivity index (χ3v) is 6.79. The van der Waals surface area contributed by atoms with Crippen LogP contribution in [0.3, 0.4) is 0 Å². The van der Waals surface area contributed by atoms with E-state index >= 15 is 0 Å². The number of halogens is 3. The van der Waals surface area contributed by atoms with Gasteiger partial charge in [-0.3, -0.25) is 9.69 Å². The Balaban J connectivity index is 1.23. The van der Waals surface area contributed by atoms with E-state index < -0.39 is 23.1 Å². The summed E-state index contributed by atoms with van der Waals surface area (Å²) in [4.78, 5) is 14.4. The first-order valence-corrected chi connectivity index (χ1v) is 12.8. The quantitative estimate of drug-likeness (QED) is 0.264. The van der Waals surface area contributed by atoms with Crippen LogP contribution >= 0.6 is 0 Å². The largest absolute Gasteiger partial charge is 0.488 e. The number of benzene rings is 2. The predicted octanol–water partition coefficient (Wildman–Crippen LogP) is 6.35. The number of rotatable bonds is 5. The van der Waals surface area contributed by atoms with Crippen LogP contribution in [0.25, 0.3) is 34.0 Å². The summed E-state index contributed by atoms with van der Waals surface area (Å²) in [7, 11) is 0. The lowest BCUT2D eigenvalue weighted by molar-refractivity contribution is -0.166. The molecular formula is C29H26F3N3O5. The van der Waals surface area contributed by atoms with Gasteiger partial charge in [0.25, 0.3) is 0 Å². The average Bonchev–Trinajstić information content (AvgIpc) is 3.49.